The van der Waals surface area contributed by atoms with Crippen LogP contribution in [0.4, 0.5) is 0 Å². The zero-order chi connectivity index (χ0) is 8.97. The van der Waals surface area contributed by atoms with Crippen LogP contribution in [0, 0.1) is 0 Å². The quantitative estimate of drug-likeness (QED) is 0.609. The Morgan fingerprint density at radius 3 is 3.17 bits per heavy atom. The second-order valence-electron chi connectivity index (χ2n) is 2.48. The van der Waals surface area contributed by atoms with Gasteiger partial charge in [0.25, 0.3) is 0 Å². The van der Waals surface area contributed by atoms with Crippen molar-refractivity contribution in [1.29, 1.82) is 0 Å². The number of allylic oxidation sites excluding steroid dienone is 1. The predicted molar refractivity (Wildman–Crippen MR) is 45.8 cm³/mol. The summed E-state index contributed by atoms with van der Waals surface area (Å²) in [5.74, 6) is -0.265. The first-order valence-corrected chi connectivity index (χ1v) is 3.89. The standard InChI is InChI=1S/C8H12N2O2/c1-3-12-8(11)7-4-6(2)10-9-5-7/h4,9H,3,5H2,1-2H3. The predicted octanol–water partition coefficient (Wildman–Crippen LogP) is 0.455. The Labute approximate surface area is 71.3 Å². The number of carbonyl (C=O) groups is 1. The lowest BCUT2D eigenvalue weighted by Gasteiger charge is -2.10. The van der Waals surface area contributed by atoms with Crippen LogP contribution in [0.3, 0.4) is 0 Å². The first-order chi connectivity index (χ1) is 5.74. The molecular formula is C8H12N2O2. The van der Waals surface area contributed by atoms with E-state index >= 15 is 0 Å². The van der Waals surface area contributed by atoms with Gasteiger partial charge in [-0.25, -0.2) is 4.79 Å². The fourth-order valence-electron chi connectivity index (χ4n) is 0.940. The molecule has 66 valence electrons. The number of nitrogens with zero attached hydrogens (tertiary/aromatic N) is 1. The van der Waals surface area contributed by atoms with Gasteiger partial charge in [-0.15, -0.1) is 0 Å². The van der Waals surface area contributed by atoms with Gasteiger partial charge in [0.2, 0.25) is 0 Å². The molecule has 0 radical (unpaired) electrons. The van der Waals surface area contributed by atoms with Crippen LogP contribution in [0.1, 0.15) is 13.8 Å². The summed E-state index contributed by atoms with van der Waals surface area (Å²) in [6.07, 6.45) is 1.73. The number of hydrogen-bond acceptors (Lipinski definition) is 4. The largest absolute Gasteiger partial charge is 0.463 e. The molecule has 0 aromatic carbocycles. The Kier molecular flexibility index (Phi) is 2.85. The number of rotatable bonds is 2. The molecular weight excluding hydrogens is 156 g/mol. The number of hydrogen-bond donors (Lipinski definition) is 1. The molecule has 0 bridgehead atoms. The maximum Gasteiger partial charge on any atom is 0.335 e. The molecule has 1 aliphatic heterocycles. The normalized spacial score (nSPS) is 15.8. The molecule has 0 atom stereocenters. The highest BCUT2D eigenvalue weighted by atomic mass is 16.5. The molecule has 0 aromatic heterocycles. The number of nitrogens with one attached hydrogen (secondary N) is 1. The Bertz CT molecular complexity index is 243. The third kappa shape index (κ3) is 2.08. The third-order valence-electron chi connectivity index (χ3n) is 1.45. The fraction of sp³-hybridized carbons (Fsp3) is 0.500. The minimum Gasteiger partial charge on any atom is -0.463 e. The third-order valence-corrected chi connectivity index (χ3v) is 1.45. The van der Waals surface area contributed by atoms with Crippen molar-refractivity contribution in [2.75, 3.05) is 13.2 Å². The minimum absolute atomic E-state index is 0.265. The van der Waals surface area contributed by atoms with E-state index in [-0.39, 0.29) is 5.97 Å². The molecule has 0 saturated carbocycles. The van der Waals surface area contributed by atoms with E-state index in [1.54, 1.807) is 13.0 Å². The summed E-state index contributed by atoms with van der Waals surface area (Å²) < 4.78 is 4.83. The molecule has 1 rings (SSSR count). The van der Waals surface area contributed by atoms with Gasteiger partial charge >= 0.3 is 5.97 Å². The fourth-order valence-corrected chi connectivity index (χ4v) is 0.940. The molecule has 0 aliphatic carbocycles. The summed E-state index contributed by atoms with van der Waals surface area (Å²) in [5.41, 5.74) is 4.17. The van der Waals surface area contributed by atoms with E-state index in [1.165, 1.54) is 0 Å². The molecule has 12 heavy (non-hydrogen) atoms. The highest BCUT2D eigenvalue weighted by Crippen LogP contribution is 2.01. The highest BCUT2D eigenvalue weighted by molar-refractivity contribution is 6.02. The summed E-state index contributed by atoms with van der Waals surface area (Å²) >= 11 is 0. The number of esters is 1. The molecule has 0 fully saturated rings. The number of hydrazone groups is 1. The summed E-state index contributed by atoms with van der Waals surface area (Å²) in [6, 6.07) is 0. The van der Waals surface area contributed by atoms with E-state index in [9.17, 15) is 4.79 Å². The summed E-state index contributed by atoms with van der Waals surface area (Å²) in [6.45, 7) is 4.48. The van der Waals surface area contributed by atoms with Gasteiger partial charge in [-0.3, -0.25) is 0 Å². The van der Waals surface area contributed by atoms with Gasteiger partial charge in [0.1, 0.15) is 0 Å². The molecule has 0 spiro atoms. The molecule has 0 unspecified atom stereocenters. The summed E-state index contributed by atoms with van der Waals surface area (Å²) in [5, 5.41) is 3.91. The van der Waals surface area contributed by atoms with Gasteiger partial charge in [-0.05, 0) is 19.9 Å². The molecule has 1 aliphatic rings. The van der Waals surface area contributed by atoms with Gasteiger partial charge < -0.3 is 10.2 Å². The molecule has 0 saturated heterocycles. The molecule has 0 aromatic rings. The van der Waals surface area contributed by atoms with E-state index in [1.807, 2.05) is 6.92 Å². The molecule has 0 amide bonds. The van der Waals surface area contributed by atoms with Gasteiger partial charge in [0, 0.05) is 0 Å². The maximum absolute atomic E-state index is 11.2. The lowest BCUT2D eigenvalue weighted by atomic mass is 10.2. The van der Waals surface area contributed by atoms with Crippen molar-refractivity contribution in [3.05, 3.63) is 11.6 Å². The average molecular weight is 168 g/mol. The lowest BCUT2D eigenvalue weighted by Crippen LogP contribution is -2.23. The smallest absolute Gasteiger partial charge is 0.335 e. The van der Waals surface area contributed by atoms with Gasteiger partial charge in [0.05, 0.1) is 24.4 Å². The van der Waals surface area contributed by atoms with Crippen LogP contribution >= 0.6 is 0 Å². The monoisotopic (exact) mass is 168 g/mol. The van der Waals surface area contributed by atoms with Crippen molar-refractivity contribution < 1.29 is 9.53 Å². The number of carbonyl (C=O) groups excluding carboxylic acids is 1. The molecule has 4 nitrogen and oxygen atoms in total. The zero-order valence-electron chi connectivity index (χ0n) is 7.26. The van der Waals surface area contributed by atoms with Gasteiger partial charge in [-0.2, -0.15) is 5.10 Å². The average Bonchev–Trinajstić information content (AvgIpc) is 2.05. The topological polar surface area (TPSA) is 50.7 Å². The Hall–Kier alpha value is -1.32. The van der Waals surface area contributed by atoms with Crippen LogP contribution in [-0.4, -0.2) is 24.8 Å². The van der Waals surface area contributed by atoms with E-state index in [2.05, 4.69) is 10.5 Å². The van der Waals surface area contributed by atoms with Crippen molar-refractivity contribution in [1.82, 2.24) is 5.43 Å². The Morgan fingerprint density at radius 2 is 2.58 bits per heavy atom. The van der Waals surface area contributed by atoms with E-state index in [0.717, 1.165) is 5.71 Å². The molecule has 4 heteroatoms. The van der Waals surface area contributed by atoms with Gasteiger partial charge in [-0.1, -0.05) is 0 Å². The van der Waals surface area contributed by atoms with Crippen LogP contribution in [0.5, 0.6) is 0 Å². The van der Waals surface area contributed by atoms with Crippen LogP contribution in [0.2, 0.25) is 0 Å². The van der Waals surface area contributed by atoms with Crippen molar-refractivity contribution in [3.63, 3.8) is 0 Å². The summed E-state index contributed by atoms with van der Waals surface area (Å²) in [4.78, 5) is 11.2. The minimum atomic E-state index is -0.265. The second kappa shape index (κ2) is 3.90. The van der Waals surface area contributed by atoms with Crippen molar-refractivity contribution >= 4 is 11.7 Å². The second-order valence-corrected chi connectivity index (χ2v) is 2.48. The zero-order valence-corrected chi connectivity index (χ0v) is 7.26. The van der Waals surface area contributed by atoms with Crippen molar-refractivity contribution in [3.8, 4) is 0 Å². The van der Waals surface area contributed by atoms with Crippen LogP contribution < -0.4 is 5.43 Å². The SMILES string of the molecule is CCOC(=O)C1=CC(C)=NNC1. The van der Waals surface area contributed by atoms with Crippen molar-refractivity contribution in [2.24, 2.45) is 5.10 Å². The van der Waals surface area contributed by atoms with Crippen LogP contribution in [0.15, 0.2) is 16.8 Å². The first kappa shape index (κ1) is 8.77. The number of ether oxygens (including phenoxy) is 1. The van der Waals surface area contributed by atoms with Crippen molar-refractivity contribution in [2.45, 2.75) is 13.8 Å². The van der Waals surface area contributed by atoms with Gasteiger partial charge in [0.15, 0.2) is 0 Å². The van der Waals surface area contributed by atoms with E-state index < -0.39 is 0 Å². The molecule has 1 N–H and O–H groups in total. The molecule has 1 heterocycles. The summed E-state index contributed by atoms with van der Waals surface area (Å²) in [7, 11) is 0. The maximum atomic E-state index is 11.2. The highest BCUT2D eigenvalue weighted by Gasteiger charge is 2.12. The Balaban J connectivity index is 2.62. The first-order valence-electron chi connectivity index (χ1n) is 3.89. The van der Waals surface area contributed by atoms with E-state index in [4.69, 9.17) is 4.74 Å². The van der Waals surface area contributed by atoms with E-state index in [0.29, 0.717) is 18.7 Å². The van der Waals surface area contributed by atoms with Crippen LogP contribution in [0.25, 0.3) is 0 Å². The Morgan fingerprint density at radius 1 is 1.83 bits per heavy atom. The lowest BCUT2D eigenvalue weighted by molar-refractivity contribution is -0.138. The van der Waals surface area contributed by atoms with Crippen LogP contribution in [-0.2, 0) is 9.53 Å².